The molecule has 2 aromatic carbocycles. The maximum absolute atomic E-state index is 5.84. The maximum Gasteiger partial charge on any atom is 0.119 e. The zero-order valence-electron chi connectivity index (χ0n) is 10.1. The van der Waals surface area contributed by atoms with Crippen molar-refractivity contribution in [1.29, 1.82) is 0 Å². The summed E-state index contributed by atoms with van der Waals surface area (Å²) in [4.78, 5) is 0. The van der Waals surface area contributed by atoms with Crippen LogP contribution in [0.1, 0.15) is 5.56 Å². The summed E-state index contributed by atoms with van der Waals surface area (Å²) in [6, 6.07) is 13.3. The van der Waals surface area contributed by atoms with E-state index in [1.807, 2.05) is 42.5 Å². The van der Waals surface area contributed by atoms with Crippen LogP contribution in [-0.2, 0) is 6.61 Å². The number of thiophene rings is 1. The van der Waals surface area contributed by atoms with E-state index in [1.165, 1.54) is 10.1 Å². The molecule has 19 heavy (non-hydrogen) atoms. The number of anilines is 1. The van der Waals surface area contributed by atoms with Crippen LogP contribution in [0.5, 0.6) is 5.75 Å². The molecule has 0 spiro atoms. The standard InChI is InChI=1S/C15H12ClNOS/c16-11-1-4-13(5-2-11)18-8-10-9-19-15-6-3-12(17)7-14(10)15/h1-7,9H,8,17H2. The van der Waals surface area contributed by atoms with E-state index < -0.39 is 0 Å². The van der Waals surface area contributed by atoms with Crippen LogP contribution in [0.3, 0.4) is 0 Å². The van der Waals surface area contributed by atoms with Gasteiger partial charge in [0.05, 0.1) is 0 Å². The zero-order chi connectivity index (χ0) is 13.2. The third-order valence-corrected chi connectivity index (χ3v) is 4.15. The van der Waals surface area contributed by atoms with Gasteiger partial charge >= 0.3 is 0 Å². The lowest BCUT2D eigenvalue weighted by atomic mass is 10.2. The number of benzene rings is 2. The Bertz CT molecular complexity index is 706. The molecular formula is C15H12ClNOS. The number of nitrogen functional groups attached to an aromatic ring is 1. The second-order valence-corrected chi connectivity index (χ2v) is 5.61. The van der Waals surface area contributed by atoms with Crippen molar-refractivity contribution in [2.24, 2.45) is 0 Å². The number of fused-ring (bicyclic) bond motifs is 1. The van der Waals surface area contributed by atoms with Crippen LogP contribution >= 0.6 is 22.9 Å². The fourth-order valence-corrected chi connectivity index (χ4v) is 2.96. The predicted molar refractivity (Wildman–Crippen MR) is 82.0 cm³/mol. The summed E-state index contributed by atoms with van der Waals surface area (Å²) in [5.41, 5.74) is 7.76. The first-order valence-corrected chi connectivity index (χ1v) is 7.12. The average Bonchev–Trinajstić information content (AvgIpc) is 2.80. The van der Waals surface area contributed by atoms with E-state index in [9.17, 15) is 0 Å². The number of nitrogens with two attached hydrogens (primary N) is 1. The van der Waals surface area contributed by atoms with Crippen LogP contribution in [0.15, 0.2) is 47.8 Å². The number of rotatable bonds is 3. The Morgan fingerprint density at radius 3 is 2.68 bits per heavy atom. The van der Waals surface area contributed by atoms with Gasteiger partial charge in [-0.2, -0.15) is 0 Å². The Hall–Kier alpha value is -1.71. The molecule has 3 rings (SSSR count). The molecule has 0 aliphatic rings. The van der Waals surface area contributed by atoms with Gasteiger partial charge in [0.25, 0.3) is 0 Å². The van der Waals surface area contributed by atoms with Crippen LogP contribution in [0.4, 0.5) is 5.69 Å². The monoisotopic (exact) mass is 289 g/mol. The molecule has 2 N–H and O–H groups in total. The highest BCUT2D eigenvalue weighted by Gasteiger charge is 2.05. The highest BCUT2D eigenvalue weighted by atomic mass is 35.5. The molecule has 4 heteroatoms. The molecule has 0 atom stereocenters. The van der Waals surface area contributed by atoms with Crippen molar-refractivity contribution in [3.63, 3.8) is 0 Å². The zero-order valence-corrected chi connectivity index (χ0v) is 11.7. The summed E-state index contributed by atoms with van der Waals surface area (Å²) >= 11 is 7.54. The second-order valence-electron chi connectivity index (χ2n) is 4.26. The van der Waals surface area contributed by atoms with Gasteiger partial charge in [0.2, 0.25) is 0 Å². The first-order chi connectivity index (χ1) is 9.22. The average molecular weight is 290 g/mol. The molecule has 0 radical (unpaired) electrons. The summed E-state index contributed by atoms with van der Waals surface area (Å²) < 4.78 is 6.99. The predicted octanol–water partition coefficient (Wildman–Crippen LogP) is 4.72. The summed E-state index contributed by atoms with van der Waals surface area (Å²) in [6.45, 7) is 0.533. The Morgan fingerprint density at radius 1 is 1.11 bits per heavy atom. The molecule has 0 bridgehead atoms. The van der Waals surface area contributed by atoms with Gasteiger partial charge in [-0.05, 0) is 47.8 Å². The highest BCUT2D eigenvalue weighted by molar-refractivity contribution is 7.17. The van der Waals surface area contributed by atoms with E-state index in [-0.39, 0.29) is 0 Å². The van der Waals surface area contributed by atoms with Crippen LogP contribution < -0.4 is 10.5 Å². The minimum atomic E-state index is 0.533. The molecule has 0 fully saturated rings. The fraction of sp³-hybridized carbons (Fsp3) is 0.0667. The third kappa shape index (κ3) is 2.67. The van der Waals surface area contributed by atoms with Crippen LogP contribution in [0.25, 0.3) is 10.1 Å². The molecule has 0 aliphatic carbocycles. The molecule has 0 amide bonds. The number of hydrogen-bond acceptors (Lipinski definition) is 3. The smallest absolute Gasteiger partial charge is 0.119 e. The number of halogens is 1. The largest absolute Gasteiger partial charge is 0.489 e. The summed E-state index contributed by atoms with van der Waals surface area (Å²) in [7, 11) is 0. The van der Waals surface area contributed by atoms with Gasteiger partial charge in [0.1, 0.15) is 12.4 Å². The summed E-state index contributed by atoms with van der Waals surface area (Å²) in [6.07, 6.45) is 0. The van der Waals surface area contributed by atoms with Crippen molar-refractivity contribution in [3.05, 3.63) is 58.4 Å². The molecule has 1 heterocycles. The first kappa shape index (κ1) is 12.3. The molecular weight excluding hydrogens is 278 g/mol. The SMILES string of the molecule is Nc1ccc2scc(COc3ccc(Cl)cc3)c2c1. The maximum atomic E-state index is 5.84. The topological polar surface area (TPSA) is 35.2 Å². The third-order valence-electron chi connectivity index (χ3n) is 2.89. The van der Waals surface area contributed by atoms with E-state index in [4.69, 9.17) is 22.1 Å². The van der Waals surface area contributed by atoms with Gasteiger partial charge in [-0.15, -0.1) is 11.3 Å². The normalized spacial score (nSPS) is 10.8. The summed E-state index contributed by atoms with van der Waals surface area (Å²) in [5, 5.41) is 3.99. The number of hydrogen-bond donors (Lipinski definition) is 1. The van der Waals surface area contributed by atoms with Crippen LogP contribution in [0, 0.1) is 0 Å². The van der Waals surface area contributed by atoms with Crippen molar-refractivity contribution >= 4 is 38.7 Å². The first-order valence-electron chi connectivity index (χ1n) is 5.86. The van der Waals surface area contributed by atoms with Crippen molar-refractivity contribution in [1.82, 2.24) is 0 Å². The van der Waals surface area contributed by atoms with Crippen LogP contribution in [0.2, 0.25) is 5.02 Å². The lowest BCUT2D eigenvalue weighted by Gasteiger charge is -2.05. The molecule has 2 nitrogen and oxygen atoms in total. The quantitative estimate of drug-likeness (QED) is 0.708. The van der Waals surface area contributed by atoms with Crippen molar-refractivity contribution in [2.45, 2.75) is 6.61 Å². The molecule has 1 aromatic heterocycles. The van der Waals surface area contributed by atoms with E-state index >= 15 is 0 Å². The minimum Gasteiger partial charge on any atom is -0.489 e. The highest BCUT2D eigenvalue weighted by Crippen LogP contribution is 2.28. The van der Waals surface area contributed by atoms with Gasteiger partial charge in [0.15, 0.2) is 0 Å². The minimum absolute atomic E-state index is 0.533. The molecule has 0 aliphatic heterocycles. The Morgan fingerprint density at radius 2 is 1.89 bits per heavy atom. The second kappa shape index (κ2) is 5.11. The fourth-order valence-electron chi connectivity index (χ4n) is 1.90. The van der Waals surface area contributed by atoms with Gasteiger partial charge in [0, 0.05) is 26.4 Å². The van der Waals surface area contributed by atoms with E-state index in [1.54, 1.807) is 11.3 Å². The molecule has 96 valence electrons. The molecule has 0 unspecified atom stereocenters. The van der Waals surface area contributed by atoms with Crippen LogP contribution in [-0.4, -0.2) is 0 Å². The van der Waals surface area contributed by atoms with E-state index in [0.29, 0.717) is 11.6 Å². The lowest BCUT2D eigenvalue weighted by Crippen LogP contribution is -1.94. The Kier molecular flexibility index (Phi) is 3.32. The van der Waals surface area contributed by atoms with E-state index in [2.05, 4.69) is 5.38 Å². The lowest BCUT2D eigenvalue weighted by molar-refractivity contribution is 0.308. The Labute approximate surface area is 120 Å². The van der Waals surface area contributed by atoms with Crippen molar-refractivity contribution in [2.75, 3.05) is 5.73 Å². The molecule has 3 aromatic rings. The molecule has 0 saturated heterocycles. The van der Waals surface area contributed by atoms with Crippen molar-refractivity contribution < 1.29 is 4.74 Å². The van der Waals surface area contributed by atoms with Crippen molar-refractivity contribution in [3.8, 4) is 5.75 Å². The Balaban J connectivity index is 1.81. The van der Waals surface area contributed by atoms with Gasteiger partial charge in [-0.25, -0.2) is 0 Å². The van der Waals surface area contributed by atoms with Gasteiger partial charge in [-0.3, -0.25) is 0 Å². The van der Waals surface area contributed by atoms with Gasteiger partial charge < -0.3 is 10.5 Å². The van der Waals surface area contributed by atoms with E-state index in [0.717, 1.165) is 17.0 Å². The summed E-state index contributed by atoms with van der Waals surface area (Å²) in [5.74, 6) is 0.813. The molecule has 0 saturated carbocycles. The number of ether oxygens (including phenoxy) is 1. The van der Waals surface area contributed by atoms with Gasteiger partial charge in [-0.1, -0.05) is 11.6 Å².